The maximum absolute atomic E-state index is 5.78. The van der Waals surface area contributed by atoms with E-state index in [0.29, 0.717) is 6.54 Å². The fraction of sp³-hybridized carbons (Fsp3) is 0.182. The van der Waals surface area contributed by atoms with E-state index in [1.54, 1.807) is 12.4 Å². The van der Waals surface area contributed by atoms with Gasteiger partial charge >= 0.3 is 0 Å². The van der Waals surface area contributed by atoms with Crippen LogP contribution >= 0.6 is 27.5 Å². The van der Waals surface area contributed by atoms with Gasteiger partial charge < -0.3 is 4.90 Å². The number of halogens is 2. The quantitative estimate of drug-likeness (QED) is 0.817. The Balaban J connectivity index is 2.20. The van der Waals surface area contributed by atoms with Gasteiger partial charge in [-0.15, -0.1) is 0 Å². The number of anilines is 1. The molecule has 0 aliphatic heterocycles. The first-order valence-corrected chi connectivity index (χ1v) is 6.13. The van der Waals surface area contributed by atoms with E-state index in [4.69, 9.17) is 11.6 Å². The van der Waals surface area contributed by atoms with Crippen LogP contribution in [0.2, 0.25) is 5.28 Å². The molecule has 0 aliphatic rings. The molecular formula is C11H10BrClN4. The van der Waals surface area contributed by atoms with E-state index in [2.05, 4.69) is 30.9 Å². The minimum Gasteiger partial charge on any atom is -0.353 e. The Kier molecular flexibility index (Phi) is 3.91. The average molecular weight is 314 g/mol. The molecule has 0 bridgehead atoms. The normalized spacial score (nSPS) is 10.3. The highest BCUT2D eigenvalue weighted by atomic mass is 79.9. The fourth-order valence-electron chi connectivity index (χ4n) is 1.41. The van der Waals surface area contributed by atoms with Crippen LogP contribution in [-0.4, -0.2) is 22.0 Å². The Morgan fingerprint density at radius 1 is 1.35 bits per heavy atom. The van der Waals surface area contributed by atoms with Crippen molar-refractivity contribution in [3.63, 3.8) is 0 Å². The van der Waals surface area contributed by atoms with Crippen LogP contribution in [0.3, 0.4) is 0 Å². The summed E-state index contributed by atoms with van der Waals surface area (Å²) in [7, 11) is 1.93. The van der Waals surface area contributed by atoms with Gasteiger partial charge in [0, 0.05) is 19.4 Å². The van der Waals surface area contributed by atoms with Gasteiger partial charge in [-0.05, 0) is 39.7 Å². The van der Waals surface area contributed by atoms with Crippen LogP contribution in [0.5, 0.6) is 0 Å². The van der Waals surface area contributed by atoms with E-state index in [1.807, 2.05) is 30.1 Å². The lowest BCUT2D eigenvalue weighted by atomic mass is 10.3. The topological polar surface area (TPSA) is 41.9 Å². The lowest BCUT2D eigenvalue weighted by Gasteiger charge is -2.18. The summed E-state index contributed by atoms with van der Waals surface area (Å²) >= 11 is 9.18. The van der Waals surface area contributed by atoms with Crippen molar-refractivity contribution < 1.29 is 0 Å². The van der Waals surface area contributed by atoms with Crippen molar-refractivity contribution in [1.29, 1.82) is 0 Å². The van der Waals surface area contributed by atoms with Crippen molar-refractivity contribution in [2.75, 3.05) is 11.9 Å². The number of hydrogen-bond acceptors (Lipinski definition) is 4. The smallest absolute Gasteiger partial charge is 0.224 e. The molecule has 0 radical (unpaired) electrons. The number of pyridine rings is 1. The molecule has 0 saturated heterocycles. The van der Waals surface area contributed by atoms with Gasteiger partial charge in [-0.3, -0.25) is 4.98 Å². The highest BCUT2D eigenvalue weighted by molar-refractivity contribution is 9.10. The highest BCUT2D eigenvalue weighted by Gasteiger charge is 2.10. The third-order valence-electron chi connectivity index (χ3n) is 2.18. The van der Waals surface area contributed by atoms with Crippen molar-refractivity contribution in [2.45, 2.75) is 6.54 Å². The SMILES string of the molecule is CN(Cc1ccccn1)c1nc(Cl)ncc1Br. The predicted octanol–water partition coefficient (Wildman–Crippen LogP) is 2.92. The molecule has 0 atom stereocenters. The fourth-order valence-corrected chi connectivity index (χ4v) is 2.04. The van der Waals surface area contributed by atoms with Crippen LogP contribution in [0, 0.1) is 0 Å². The molecule has 0 spiro atoms. The van der Waals surface area contributed by atoms with Crippen LogP contribution in [0.4, 0.5) is 5.82 Å². The van der Waals surface area contributed by atoms with Crippen LogP contribution in [-0.2, 0) is 6.54 Å². The summed E-state index contributed by atoms with van der Waals surface area (Å²) in [5.41, 5.74) is 0.969. The standard InChI is InChI=1S/C11H10BrClN4/c1-17(7-8-4-2-3-5-14-8)10-9(12)6-15-11(13)16-10/h2-6H,7H2,1H3. The maximum atomic E-state index is 5.78. The lowest BCUT2D eigenvalue weighted by molar-refractivity contribution is 0.857. The molecule has 2 aromatic heterocycles. The van der Waals surface area contributed by atoms with E-state index in [-0.39, 0.29) is 5.28 Å². The van der Waals surface area contributed by atoms with Crippen molar-refractivity contribution >= 4 is 33.3 Å². The number of hydrogen-bond donors (Lipinski definition) is 0. The molecule has 2 aromatic rings. The first kappa shape index (κ1) is 12.3. The zero-order valence-corrected chi connectivity index (χ0v) is 11.5. The van der Waals surface area contributed by atoms with Gasteiger partial charge in [0.1, 0.15) is 5.82 Å². The van der Waals surface area contributed by atoms with Gasteiger partial charge in [0.2, 0.25) is 5.28 Å². The Morgan fingerprint density at radius 3 is 2.88 bits per heavy atom. The van der Waals surface area contributed by atoms with Gasteiger partial charge in [0.15, 0.2) is 0 Å². The molecule has 0 fully saturated rings. The van der Waals surface area contributed by atoms with E-state index < -0.39 is 0 Å². The molecule has 17 heavy (non-hydrogen) atoms. The van der Waals surface area contributed by atoms with E-state index in [1.165, 1.54) is 0 Å². The largest absolute Gasteiger partial charge is 0.353 e. The molecule has 0 aliphatic carbocycles. The third kappa shape index (κ3) is 3.14. The molecule has 0 N–H and O–H groups in total. The summed E-state index contributed by atoms with van der Waals surface area (Å²) in [6.45, 7) is 0.660. The van der Waals surface area contributed by atoms with Gasteiger partial charge in [0.25, 0.3) is 0 Å². The minimum atomic E-state index is 0.232. The first-order chi connectivity index (χ1) is 8.16. The second-order valence-electron chi connectivity index (χ2n) is 3.49. The Bertz CT molecular complexity index is 506. The van der Waals surface area contributed by atoms with E-state index >= 15 is 0 Å². The highest BCUT2D eigenvalue weighted by Crippen LogP contribution is 2.24. The van der Waals surface area contributed by atoms with Crippen LogP contribution in [0.15, 0.2) is 35.1 Å². The Hall–Kier alpha value is -1.20. The van der Waals surface area contributed by atoms with Crippen molar-refractivity contribution in [3.8, 4) is 0 Å². The van der Waals surface area contributed by atoms with Crippen molar-refractivity contribution in [3.05, 3.63) is 46.0 Å². The second-order valence-corrected chi connectivity index (χ2v) is 4.68. The molecular weight excluding hydrogens is 304 g/mol. The molecule has 6 heteroatoms. The van der Waals surface area contributed by atoms with Crippen LogP contribution in [0.1, 0.15) is 5.69 Å². The Labute approximate surface area is 113 Å². The van der Waals surface area contributed by atoms with Gasteiger partial charge in [-0.25, -0.2) is 4.98 Å². The monoisotopic (exact) mass is 312 g/mol. The molecule has 4 nitrogen and oxygen atoms in total. The summed E-state index contributed by atoms with van der Waals surface area (Å²) in [5, 5.41) is 0.232. The summed E-state index contributed by atoms with van der Waals surface area (Å²) in [6.07, 6.45) is 3.41. The van der Waals surface area contributed by atoms with E-state index in [0.717, 1.165) is 16.0 Å². The third-order valence-corrected chi connectivity index (χ3v) is 2.92. The van der Waals surface area contributed by atoms with Crippen LogP contribution in [0.25, 0.3) is 0 Å². The van der Waals surface area contributed by atoms with Gasteiger partial charge in [-0.1, -0.05) is 6.07 Å². The zero-order chi connectivity index (χ0) is 12.3. The number of nitrogens with zero attached hydrogens (tertiary/aromatic N) is 4. The van der Waals surface area contributed by atoms with Gasteiger partial charge in [0.05, 0.1) is 16.7 Å². The molecule has 0 aromatic carbocycles. The van der Waals surface area contributed by atoms with Crippen molar-refractivity contribution in [1.82, 2.24) is 15.0 Å². The number of aromatic nitrogens is 3. The molecule has 0 amide bonds. The minimum absolute atomic E-state index is 0.232. The summed E-state index contributed by atoms with van der Waals surface area (Å²) in [5.74, 6) is 0.746. The molecule has 0 saturated carbocycles. The zero-order valence-electron chi connectivity index (χ0n) is 9.14. The average Bonchev–Trinajstić information content (AvgIpc) is 2.33. The molecule has 2 heterocycles. The summed E-state index contributed by atoms with van der Waals surface area (Å²) < 4.78 is 0.806. The summed E-state index contributed by atoms with van der Waals surface area (Å²) in [4.78, 5) is 14.3. The molecule has 0 unspecified atom stereocenters. The lowest BCUT2D eigenvalue weighted by Crippen LogP contribution is -2.19. The van der Waals surface area contributed by atoms with E-state index in [9.17, 15) is 0 Å². The summed E-state index contributed by atoms with van der Waals surface area (Å²) in [6, 6.07) is 5.81. The van der Waals surface area contributed by atoms with Crippen molar-refractivity contribution in [2.24, 2.45) is 0 Å². The molecule has 88 valence electrons. The van der Waals surface area contributed by atoms with Crippen LogP contribution < -0.4 is 4.90 Å². The Morgan fingerprint density at radius 2 is 2.18 bits per heavy atom. The second kappa shape index (κ2) is 5.42. The maximum Gasteiger partial charge on any atom is 0.224 e. The number of rotatable bonds is 3. The predicted molar refractivity (Wildman–Crippen MR) is 71.1 cm³/mol. The molecule has 2 rings (SSSR count). The first-order valence-electron chi connectivity index (χ1n) is 4.96. The van der Waals surface area contributed by atoms with Gasteiger partial charge in [-0.2, -0.15) is 4.98 Å².